The van der Waals surface area contributed by atoms with Crippen molar-refractivity contribution in [1.29, 1.82) is 0 Å². The first-order valence-electron chi connectivity index (χ1n) is 11.0. The van der Waals surface area contributed by atoms with Crippen LogP contribution in [0, 0.1) is 11.6 Å². The number of amides is 3. The van der Waals surface area contributed by atoms with Gasteiger partial charge in [-0.2, -0.15) is 8.78 Å². The molecule has 0 saturated heterocycles. The van der Waals surface area contributed by atoms with Gasteiger partial charge >= 0.3 is 6.43 Å². The van der Waals surface area contributed by atoms with Crippen molar-refractivity contribution in [2.75, 3.05) is 16.0 Å². The number of hydrogen-bond acceptors (Lipinski definition) is 3. The van der Waals surface area contributed by atoms with Gasteiger partial charge in [0.05, 0.1) is 22.7 Å². The molecule has 3 rings (SSSR count). The number of carbonyl (C=O) groups is 3. The third-order valence-corrected chi connectivity index (χ3v) is 6.62. The molecule has 3 aromatic carbocycles. The van der Waals surface area contributed by atoms with E-state index in [-0.39, 0.29) is 29.1 Å². The van der Waals surface area contributed by atoms with Gasteiger partial charge in [-0.05, 0) is 54.1 Å². The van der Waals surface area contributed by atoms with E-state index in [2.05, 4.69) is 26.6 Å². The fraction of sp³-hybridized carbons (Fsp3) is 0.160. The summed E-state index contributed by atoms with van der Waals surface area (Å²) in [7, 11) is 0. The SMILES string of the molecule is O=C(CC(Cl)(Cl)Cc1cc(Cl)cc(Br)c1)Nc1ccc(Cl)c(C(=O)Nc2ccc(F)c(NC(=O)C(F)F)c2F)c1. The molecule has 3 N–H and O–H groups in total. The zero-order valence-electron chi connectivity index (χ0n) is 19.7. The highest BCUT2D eigenvalue weighted by molar-refractivity contribution is 9.10. The Balaban J connectivity index is 1.73. The summed E-state index contributed by atoms with van der Waals surface area (Å²) in [4.78, 5) is 36.6. The summed E-state index contributed by atoms with van der Waals surface area (Å²) in [5.74, 6) is -6.39. The van der Waals surface area contributed by atoms with Gasteiger partial charge in [-0.25, -0.2) is 8.78 Å². The lowest BCUT2D eigenvalue weighted by atomic mass is 10.1. The first-order valence-corrected chi connectivity index (χ1v) is 13.3. The van der Waals surface area contributed by atoms with Crippen LogP contribution < -0.4 is 16.0 Å². The molecule has 0 unspecified atom stereocenters. The Hall–Kier alpha value is -2.57. The number of anilines is 3. The molecule has 0 aromatic heterocycles. The molecule has 0 fully saturated rings. The van der Waals surface area contributed by atoms with E-state index >= 15 is 0 Å². The Morgan fingerprint density at radius 1 is 0.925 bits per heavy atom. The van der Waals surface area contributed by atoms with E-state index < -0.39 is 51.5 Å². The fourth-order valence-electron chi connectivity index (χ4n) is 3.42. The van der Waals surface area contributed by atoms with Crippen molar-refractivity contribution in [2.45, 2.75) is 23.6 Å². The first-order chi connectivity index (χ1) is 18.6. The Bertz CT molecular complexity index is 1460. The van der Waals surface area contributed by atoms with Gasteiger partial charge in [-0.1, -0.05) is 39.1 Å². The van der Waals surface area contributed by atoms with Crippen molar-refractivity contribution >= 4 is 97.1 Å². The highest BCUT2D eigenvalue weighted by atomic mass is 79.9. The van der Waals surface area contributed by atoms with Crippen LogP contribution in [0.4, 0.5) is 34.6 Å². The van der Waals surface area contributed by atoms with Crippen LogP contribution >= 0.6 is 62.3 Å². The Morgan fingerprint density at radius 2 is 1.62 bits per heavy atom. The number of benzene rings is 3. The van der Waals surface area contributed by atoms with E-state index in [0.717, 1.165) is 6.07 Å². The summed E-state index contributed by atoms with van der Waals surface area (Å²) in [6.45, 7) is 0. The van der Waals surface area contributed by atoms with Gasteiger partial charge in [-0.3, -0.25) is 14.4 Å². The topological polar surface area (TPSA) is 87.3 Å². The largest absolute Gasteiger partial charge is 0.326 e. The molecule has 0 heterocycles. The second kappa shape index (κ2) is 13.4. The van der Waals surface area contributed by atoms with Gasteiger partial charge in [0, 0.05) is 21.6 Å². The highest BCUT2D eigenvalue weighted by Crippen LogP contribution is 2.33. The molecule has 0 saturated carbocycles. The lowest BCUT2D eigenvalue weighted by Crippen LogP contribution is -2.25. The molecule has 0 aliphatic heterocycles. The van der Waals surface area contributed by atoms with E-state index in [0.29, 0.717) is 21.1 Å². The number of carbonyl (C=O) groups excluding carboxylic acids is 3. The summed E-state index contributed by atoms with van der Waals surface area (Å²) in [6.07, 6.45) is -3.80. The second-order valence-corrected chi connectivity index (χ2v) is 11.7. The molecule has 15 heteroatoms. The second-order valence-electron chi connectivity index (χ2n) is 8.26. The van der Waals surface area contributed by atoms with Crippen LogP contribution in [0.3, 0.4) is 0 Å². The molecule has 40 heavy (non-hydrogen) atoms. The molecule has 6 nitrogen and oxygen atoms in total. The van der Waals surface area contributed by atoms with Crippen LogP contribution in [-0.4, -0.2) is 28.5 Å². The first kappa shape index (κ1) is 32.0. The van der Waals surface area contributed by atoms with Crippen molar-refractivity contribution in [1.82, 2.24) is 0 Å². The lowest BCUT2D eigenvalue weighted by molar-refractivity contribution is -0.126. The molecule has 3 amide bonds. The monoisotopic (exact) mass is 701 g/mol. The summed E-state index contributed by atoms with van der Waals surface area (Å²) >= 11 is 28.1. The molecular weight excluding hydrogens is 688 g/mol. The molecule has 0 radical (unpaired) electrons. The van der Waals surface area contributed by atoms with Gasteiger partial charge < -0.3 is 16.0 Å². The van der Waals surface area contributed by atoms with E-state index in [4.69, 9.17) is 46.4 Å². The van der Waals surface area contributed by atoms with Crippen molar-refractivity contribution in [3.63, 3.8) is 0 Å². The van der Waals surface area contributed by atoms with Crippen LogP contribution in [0.2, 0.25) is 10.0 Å². The minimum absolute atomic E-state index is 0.0833. The molecule has 3 aromatic rings. The number of alkyl halides is 4. The molecule has 0 aliphatic carbocycles. The van der Waals surface area contributed by atoms with Gasteiger partial charge in [0.15, 0.2) is 5.82 Å². The molecule has 0 aliphatic rings. The quantitative estimate of drug-likeness (QED) is 0.155. The zero-order valence-corrected chi connectivity index (χ0v) is 24.3. The molecular formula is C25H16BrCl4F4N3O3. The van der Waals surface area contributed by atoms with Gasteiger partial charge in [-0.15, -0.1) is 23.2 Å². The van der Waals surface area contributed by atoms with Crippen LogP contribution in [0.15, 0.2) is 53.0 Å². The zero-order chi connectivity index (χ0) is 29.8. The fourth-order valence-corrected chi connectivity index (χ4v) is 5.11. The number of rotatable bonds is 9. The normalized spacial score (nSPS) is 11.3. The Labute approximate surface area is 253 Å². The standard InChI is InChI=1S/C25H16BrCl4F4N3O3/c26-12-5-11(6-13(27)7-12)9-25(29,30)10-19(38)35-14-1-2-16(28)15(8-14)23(39)36-18-4-3-17(31)21(20(18)32)37-24(40)22(33)34/h1-8,22H,9-10H2,(H,35,38)(H,36,39)(H,37,40). The van der Waals surface area contributed by atoms with E-state index in [1.54, 1.807) is 18.2 Å². The molecule has 0 atom stereocenters. The highest BCUT2D eigenvalue weighted by Gasteiger charge is 2.29. The summed E-state index contributed by atoms with van der Waals surface area (Å²) < 4.78 is 52.8. The van der Waals surface area contributed by atoms with E-state index in [1.165, 1.54) is 23.5 Å². The van der Waals surface area contributed by atoms with Gasteiger partial charge in [0.2, 0.25) is 5.91 Å². The number of hydrogen-bond donors (Lipinski definition) is 3. The molecule has 0 spiro atoms. The molecule has 212 valence electrons. The van der Waals surface area contributed by atoms with Crippen molar-refractivity contribution < 1.29 is 31.9 Å². The van der Waals surface area contributed by atoms with Crippen LogP contribution in [0.25, 0.3) is 0 Å². The van der Waals surface area contributed by atoms with E-state index in [9.17, 15) is 31.9 Å². The lowest BCUT2D eigenvalue weighted by Gasteiger charge is -2.20. The summed E-state index contributed by atoms with van der Waals surface area (Å²) in [5.41, 5.74) is -1.26. The average Bonchev–Trinajstić information content (AvgIpc) is 2.83. The maximum Gasteiger partial charge on any atom is 0.315 e. The van der Waals surface area contributed by atoms with Crippen LogP contribution in [0.1, 0.15) is 22.3 Å². The van der Waals surface area contributed by atoms with Crippen molar-refractivity contribution in [3.05, 3.63) is 85.8 Å². The van der Waals surface area contributed by atoms with Crippen LogP contribution in [0.5, 0.6) is 0 Å². The Kier molecular flexibility index (Phi) is 10.7. The number of nitrogens with one attached hydrogen (secondary N) is 3. The van der Waals surface area contributed by atoms with E-state index in [1.807, 2.05) is 0 Å². The minimum Gasteiger partial charge on any atom is -0.326 e. The minimum atomic E-state index is -3.53. The summed E-state index contributed by atoms with van der Waals surface area (Å²) in [5, 5.41) is 6.41. The maximum absolute atomic E-state index is 14.7. The smallest absolute Gasteiger partial charge is 0.315 e. The third-order valence-electron chi connectivity index (χ3n) is 5.08. The number of halogens is 9. The van der Waals surface area contributed by atoms with Crippen molar-refractivity contribution in [2.24, 2.45) is 0 Å². The van der Waals surface area contributed by atoms with Gasteiger partial charge in [0.25, 0.3) is 11.8 Å². The predicted molar refractivity (Wildman–Crippen MR) is 151 cm³/mol. The summed E-state index contributed by atoms with van der Waals surface area (Å²) in [6, 6.07) is 10.4. The average molecular weight is 704 g/mol. The van der Waals surface area contributed by atoms with Crippen LogP contribution in [-0.2, 0) is 16.0 Å². The Morgan fingerprint density at radius 3 is 2.27 bits per heavy atom. The van der Waals surface area contributed by atoms with Crippen molar-refractivity contribution in [3.8, 4) is 0 Å². The maximum atomic E-state index is 14.7. The predicted octanol–water partition coefficient (Wildman–Crippen LogP) is 8.24. The van der Waals surface area contributed by atoms with Gasteiger partial charge in [0.1, 0.15) is 15.8 Å². The molecule has 0 bridgehead atoms. The third kappa shape index (κ3) is 8.71.